The third kappa shape index (κ3) is 9.35. The summed E-state index contributed by atoms with van der Waals surface area (Å²) in [6, 6.07) is 0. The molecule has 0 saturated carbocycles. The zero-order valence-electron chi connectivity index (χ0n) is 14.6. The maximum Gasteiger partial charge on any atom is 0.304 e. The topological polar surface area (TPSA) is 50.3 Å². The molecule has 130 valence electrons. The molecule has 0 spiro atoms. The van der Waals surface area contributed by atoms with Gasteiger partial charge < -0.3 is 24.7 Å². The van der Waals surface area contributed by atoms with E-state index in [2.05, 4.69) is 40.7 Å². The second-order valence-corrected chi connectivity index (χ2v) is 6.60. The molecular formula is C16H34N4O2. The van der Waals surface area contributed by atoms with Crippen LogP contribution in [-0.4, -0.2) is 111 Å². The zero-order chi connectivity index (χ0) is 16.4. The third-order valence-corrected chi connectivity index (χ3v) is 4.40. The molecule has 1 N–H and O–H groups in total. The molecule has 6 heteroatoms. The third-order valence-electron chi connectivity index (χ3n) is 4.40. The molecule has 0 aromatic rings. The lowest BCUT2D eigenvalue weighted by Gasteiger charge is -2.28. The average Bonchev–Trinajstić information content (AvgIpc) is 2.46. The molecule has 1 rings (SSSR count). The minimum absolute atomic E-state index is 0.240. The van der Waals surface area contributed by atoms with Crippen molar-refractivity contribution in [3.8, 4) is 0 Å². The minimum Gasteiger partial charge on any atom is -0.481 e. The molecule has 22 heavy (non-hydrogen) atoms. The number of likely N-dealkylation sites (N-methyl/N-ethyl adjacent to an activating group) is 3. The number of aliphatic carboxylic acids is 1. The first kappa shape index (κ1) is 19.4. The van der Waals surface area contributed by atoms with Crippen molar-refractivity contribution in [3.05, 3.63) is 0 Å². The molecule has 1 aliphatic rings. The molecule has 1 aliphatic heterocycles. The van der Waals surface area contributed by atoms with Gasteiger partial charge in [0.2, 0.25) is 0 Å². The molecule has 0 bridgehead atoms. The Bertz CT molecular complexity index is 315. The van der Waals surface area contributed by atoms with Crippen molar-refractivity contribution < 1.29 is 9.90 Å². The lowest BCUT2D eigenvalue weighted by Crippen LogP contribution is -2.39. The van der Waals surface area contributed by atoms with Gasteiger partial charge in [-0.05, 0) is 60.2 Å². The minimum atomic E-state index is -0.701. The van der Waals surface area contributed by atoms with Crippen LogP contribution in [0.3, 0.4) is 0 Å². The van der Waals surface area contributed by atoms with Gasteiger partial charge >= 0.3 is 5.97 Å². The van der Waals surface area contributed by atoms with E-state index in [0.717, 1.165) is 58.8 Å². The Morgan fingerprint density at radius 1 is 0.773 bits per heavy atom. The summed E-state index contributed by atoms with van der Waals surface area (Å²) in [6.07, 6.45) is 2.53. The van der Waals surface area contributed by atoms with Gasteiger partial charge in [0.1, 0.15) is 0 Å². The molecule has 0 atom stereocenters. The highest BCUT2D eigenvalue weighted by Crippen LogP contribution is 2.00. The van der Waals surface area contributed by atoms with Crippen molar-refractivity contribution in [3.63, 3.8) is 0 Å². The number of carboxylic acid groups (broad SMARTS) is 1. The summed E-state index contributed by atoms with van der Waals surface area (Å²) in [5.74, 6) is -0.701. The van der Waals surface area contributed by atoms with Crippen LogP contribution in [0, 0.1) is 0 Å². The summed E-state index contributed by atoms with van der Waals surface area (Å²) in [6.45, 7) is 9.16. The van der Waals surface area contributed by atoms with E-state index in [1.165, 1.54) is 6.42 Å². The van der Waals surface area contributed by atoms with E-state index in [1.54, 1.807) is 0 Å². The summed E-state index contributed by atoms with van der Waals surface area (Å²) >= 11 is 0. The number of hydrogen-bond donors (Lipinski definition) is 1. The summed E-state index contributed by atoms with van der Waals surface area (Å²) < 4.78 is 0. The number of hydrogen-bond acceptors (Lipinski definition) is 5. The fourth-order valence-corrected chi connectivity index (χ4v) is 2.75. The van der Waals surface area contributed by atoms with Crippen molar-refractivity contribution >= 4 is 5.97 Å². The Hall–Kier alpha value is -0.690. The number of carbonyl (C=O) groups is 1. The van der Waals surface area contributed by atoms with E-state index in [0.29, 0.717) is 6.54 Å². The molecule has 6 nitrogen and oxygen atoms in total. The maximum absolute atomic E-state index is 10.8. The van der Waals surface area contributed by atoms with Gasteiger partial charge in [-0.15, -0.1) is 0 Å². The molecule has 1 saturated heterocycles. The Morgan fingerprint density at radius 2 is 1.23 bits per heavy atom. The van der Waals surface area contributed by atoms with Gasteiger partial charge in [-0.25, -0.2) is 0 Å². The summed E-state index contributed by atoms with van der Waals surface area (Å²) in [4.78, 5) is 20.3. The normalized spacial score (nSPS) is 23.2. The van der Waals surface area contributed by atoms with E-state index in [-0.39, 0.29) is 6.42 Å². The first-order valence-corrected chi connectivity index (χ1v) is 8.47. The van der Waals surface area contributed by atoms with Crippen LogP contribution in [-0.2, 0) is 4.79 Å². The lowest BCUT2D eigenvalue weighted by molar-refractivity contribution is -0.137. The number of rotatable bonds is 3. The summed E-state index contributed by atoms with van der Waals surface area (Å²) in [5, 5.41) is 8.89. The van der Waals surface area contributed by atoms with E-state index in [9.17, 15) is 4.79 Å². The molecule has 0 aliphatic carbocycles. The first-order valence-electron chi connectivity index (χ1n) is 8.47. The van der Waals surface area contributed by atoms with Crippen LogP contribution in [0.4, 0.5) is 0 Å². The van der Waals surface area contributed by atoms with E-state index in [1.807, 2.05) is 0 Å². The molecule has 0 unspecified atom stereocenters. The molecule has 1 fully saturated rings. The Kier molecular flexibility index (Phi) is 9.63. The molecule has 1 heterocycles. The van der Waals surface area contributed by atoms with Crippen LogP contribution >= 0.6 is 0 Å². The predicted octanol–water partition coefficient (Wildman–Crippen LogP) is 0.352. The van der Waals surface area contributed by atoms with Crippen molar-refractivity contribution in [2.75, 3.05) is 80.0 Å². The van der Waals surface area contributed by atoms with Crippen molar-refractivity contribution in [1.82, 2.24) is 19.6 Å². The van der Waals surface area contributed by atoms with Gasteiger partial charge in [0, 0.05) is 32.7 Å². The van der Waals surface area contributed by atoms with Crippen molar-refractivity contribution in [1.29, 1.82) is 0 Å². The Labute approximate surface area is 135 Å². The van der Waals surface area contributed by atoms with Gasteiger partial charge in [0.05, 0.1) is 6.42 Å². The predicted molar refractivity (Wildman–Crippen MR) is 90.4 cm³/mol. The van der Waals surface area contributed by atoms with Gasteiger partial charge in [-0.1, -0.05) is 0 Å². The van der Waals surface area contributed by atoms with E-state index in [4.69, 9.17) is 5.11 Å². The fourth-order valence-electron chi connectivity index (χ4n) is 2.75. The Morgan fingerprint density at radius 3 is 1.73 bits per heavy atom. The molecule has 0 amide bonds. The highest BCUT2D eigenvalue weighted by Gasteiger charge is 2.11. The zero-order valence-corrected chi connectivity index (χ0v) is 14.6. The van der Waals surface area contributed by atoms with E-state index < -0.39 is 5.97 Å². The van der Waals surface area contributed by atoms with Crippen LogP contribution in [0.25, 0.3) is 0 Å². The second kappa shape index (κ2) is 10.9. The van der Waals surface area contributed by atoms with Gasteiger partial charge in [-0.2, -0.15) is 0 Å². The molecule has 0 aromatic heterocycles. The average molecular weight is 314 g/mol. The van der Waals surface area contributed by atoms with Crippen LogP contribution in [0.1, 0.15) is 19.3 Å². The number of carboxylic acids is 1. The second-order valence-electron chi connectivity index (χ2n) is 6.60. The highest BCUT2D eigenvalue weighted by atomic mass is 16.4. The van der Waals surface area contributed by atoms with Gasteiger partial charge in [0.15, 0.2) is 0 Å². The van der Waals surface area contributed by atoms with Gasteiger partial charge in [0.25, 0.3) is 0 Å². The van der Waals surface area contributed by atoms with Crippen molar-refractivity contribution in [2.24, 2.45) is 0 Å². The first-order chi connectivity index (χ1) is 10.5. The Balaban J connectivity index is 2.48. The largest absolute Gasteiger partial charge is 0.481 e. The van der Waals surface area contributed by atoms with Gasteiger partial charge in [-0.3, -0.25) is 4.79 Å². The highest BCUT2D eigenvalue weighted by molar-refractivity contribution is 5.66. The lowest BCUT2D eigenvalue weighted by atomic mass is 10.3. The monoisotopic (exact) mass is 314 g/mol. The molecular weight excluding hydrogens is 280 g/mol. The molecule has 0 aromatic carbocycles. The fraction of sp³-hybridized carbons (Fsp3) is 0.938. The van der Waals surface area contributed by atoms with E-state index >= 15 is 0 Å². The maximum atomic E-state index is 10.8. The van der Waals surface area contributed by atoms with Crippen LogP contribution in [0.5, 0.6) is 0 Å². The summed E-state index contributed by atoms with van der Waals surface area (Å²) in [7, 11) is 6.54. The van der Waals surface area contributed by atoms with Crippen LogP contribution < -0.4 is 0 Å². The quantitative estimate of drug-likeness (QED) is 0.811. The SMILES string of the molecule is CN1CCCN(C)CCN(CCC(=O)O)CCCN(C)CC1. The number of nitrogens with zero attached hydrogens (tertiary/aromatic N) is 4. The standard InChI is InChI=1S/C16H34N4O2/c1-17-7-4-8-19(3)14-15-20(11-6-16(21)22)10-5-9-18(2)13-12-17/h4-15H2,1-3H3,(H,21,22). The van der Waals surface area contributed by atoms with Crippen LogP contribution in [0.2, 0.25) is 0 Å². The van der Waals surface area contributed by atoms with Crippen molar-refractivity contribution in [2.45, 2.75) is 19.3 Å². The van der Waals surface area contributed by atoms with Crippen LogP contribution in [0.15, 0.2) is 0 Å². The molecule has 0 radical (unpaired) electrons. The summed E-state index contributed by atoms with van der Waals surface area (Å²) in [5.41, 5.74) is 0. The smallest absolute Gasteiger partial charge is 0.304 e.